The van der Waals surface area contributed by atoms with E-state index in [-0.39, 0.29) is 47.3 Å². The molecule has 0 amide bonds. The van der Waals surface area contributed by atoms with E-state index in [1.54, 1.807) is 0 Å². The lowest BCUT2D eigenvalue weighted by atomic mass is 9.89. The van der Waals surface area contributed by atoms with Crippen LogP contribution in [0.15, 0.2) is 0 Å². The van der Waals surface area contributed by atoms with Crippen molar-refractivity contribution in [2.45, 2.75) is 125 Å². The number of hydrogen-bond acceptors (Lipinski definition) is 5. The molecule has 0 saturated heterocycles. The average Bonchev–Trinajstić information content (AvgIpc) is 2.53. The molecule has 0 fully saturated rings. The molecule has 0 aliphatic carbocycles. The van der Waals surface area contributed by atoms with Gasteiger partial charge >= 0.3 is 5.97 Å². The molecule has 0 rings (SSSR count). The van der Waals surface area contributed by atoms with Crippen molar-refractivity contribution < 1.29 is 19.1 Å². The van der Waals surface area contributed by atoms with E-state index >= 15 is 0 Å². The molecule has 5 nitrogen and oxygen atoms in total. The Balaban J connectivity index is 4.57. The van der Waals surface area contributed by atoms with Crippen LogP contribution in [0.1, 0.15) is 108 Å². The summed E-state index contributed by atoms with van der Waals surface area (Å²) in [7, 11) is 0. The maximum absolute atomic E-state index is 12.0. The zero-order chi connectivity index (χ0) is 23.6. The first-order valence-electron chi connectivity index (χ1n) is 11.7. The van der Waals surface area contributed by atoms with Crippen LogP contribution >= 0.6 is 0 Å². The number of Topliss-reactive ketones (excluding diaryl/α,β-unsaturated/α-hetero) is 1. The largest absolute Gasteiger partial charge is 0.464 e. The van der Waals surface area contributed by atoms with Crippen molar-refractivity contribution >= 4 is 11.8 Å². The van der Waals surface area contributed by atoms with E-state index in [2.05, 4.69) is 53.4 Å². The van der Waals surface area contributed by atoms with Gasteiger partial charge in [0.1, 0.15) is 12.4 Å². The lowest BCUT2D eigenvalue weighted by Gasteiger charge is -2.41. The Bertz CT molecular complexity index is 514. The molecular formula is C25H49NO4. The third-order valence-electron chi connectivity index (χ3n) is 5.06. The van der Waals surface area contributed by atoms with Gasteiger partial charge in [-0.2, -0.15) is 0 Å². The molecule has 0 aromatic carbocycles. The van der Waals surface area contributed by atoms with Gasteiger partial charge in [0.05, 0.1) is 18.1 Å². The van der Waals surface area contributed by atoms with Crippen LogP contribution in [-0.2, 0) is 19.1 Å². The molecule has 5 heteroatoms. The Kier molecular flexibility index (Phi) is 12.4. The number of ether oxygens (including phenoxy) is 2. The number of likely N-dealkylation sites (N-methyl/N-ethyl adjacent to an activating group) is 1. The highest BCUT2D eigenvalue weighted by molar-refractivity contribution is 5.83. The summed E-state index contributed by atoms with van der Waals surface area (Å²) in [5.41, 5.74) is -0.262. The molecule has 1 atom stereocenters. The lowest BCUT2D eigenvalue weighted by Crippen LogP contribution is -2.48. The SMILES string of the molecule is CCCC(CC(C)(C)N(CC)CCOC(=O)CCC(=O)CC(C)(C)C)OC(C)(C)C. The Morgan fingerprint density at radius 3 is 2.00 bits per heavy atom. The number of carbonyl (C=O) groups excluding carboxylic acids is 2. The van der Waals surface area contributed by atoms with E-state index in [1.165, 1.54) is 0 Å². The molecule has 0 spiro atoms. The van der Waals surface area contributed by atoms with E-state index in [0.29, 0.717) is 19.6 Å². The minimum atomic E-state index is -0.286. The molecule has 0 aliphatic rings. The smallest absolute Gasteiger partial charge is 0.306 e. The summed E-state index contributed by atoms with van der Waals surface area (Å²) in [4.78, 5) is 26.3. The molecule has 0 radical (unpaired) electrons. The summed E-state index contributed by atoms with van der Waals surface area (Å²) < 4.78 is 11.7. The van der Waals surface area contributed by atoms with Crippen LogP contribution < -0.4 is 0 Å². The monoisotopic (exact) mass is 427 g/mol. The highest BCUT2D eigenvalue weighted by Gasteiger charge is 2.31. The first kappa shape index (κ1) is 29.1. The molecule has 0 aliphatic heterocycles. The molecule has 0 aromatic rings. The number of esters is 1. The second-order valence-corrected chi connectivity index (χ2v) is 11.2. The number of carbonyl (C=O) groups is 2. The van der Waals surface area contributed by atoms with Crippen molar-refractivity contribution in [2.24, 2.45) is 5.41 Å². The van der Waals surface area contributed by atoms with E-state index in [0.717, 1.165) is 25.8 Å². The van der Waals surface area contributed by atoms with Crippen molar-refractivity contribution in [3.05, 3.63) is 0 Å². The van der Waals surface area contributed by atoms with Crippen LogP contribution in [0.4, 0.5) is 0 Å². The third kappa shape index (κ3) is 14.1. The summed E-state index contributed by atoms with van der Waals surface area (Å²) in [5, 5.41) is 0. The summed E-state index contributed by atoms with van der Waals surface area (Å²) in [5.74, 6) is -0.164. The molecule has 0 heterocycles. The zero-order valence-corrected chi connectivity index (χ0v) is 21.5. The van der Waals surface area contributed by atoms with Gasteiger partial charge < -0.3 is 9.47 Å². The summed E-state index contributed by atoms with van der Waals surface area (Å²) in [6, 6.07) is 0. The molecule has 30 heavy (non-hydrogen) atoms. The van der Waals surface area contributed by atoms with Crippen LogP contribution in [-0.4, -0.2) is 53.6 Å². The second kappa shape index (κ2) is 12.8. The number of nitrogens with zero attached hydrogens (tertiary/aromatic N) is 1. The summed E-state index contributed by atoms with van der Waals surface area (Å²) in [6.45, 7) is 23.1. The van der Waals surface area contributed by atoms with Gasteiger partial charge in [-0.25, -0.2) is 0 Å². The van der Waals surface area contributed by atoms with Crippen LogP contribution in [0.25, 0.3) is 0 Å². The Morgan fingerprint density at radius 1 is 0.933 bits per heavy atom. The molecule has 0 saturated carbocycles. The van der Waals surface area contributed by atoms with Gasteiger partial charge in [-0.15, -0.1) is 0 Å². The van der Waals surface area contributed by atoms with Crippen molar-refractivity contribution in [1.29, 1.82) is 0 Å². The van der Waals surface area contributed by atoms with Crippen LogP contribution in [0.5, 0.6) is 0 Å². The van der Waals surface area contributed by atoms with Gasteiger partial charge in [0.2, 0.25) is 0 Å². The normalized spacial score (nSPS) is 14.1. The number of ketones is 1. The molecule has 1 unspecified atom stereocenters. The van der Waals surface area contributed by atoms with Gasteiger partial charge in [0, 0.05) is 24.9 Å². The van der Waals surface area contributed by atoms with Crippen LogP contribution in [0, 0.1) is 5.41 Å². The zero-order valence-electron chi connectivity index (χ0n) is 21.5. The van der Waals surface area contributed by atoms with E-state index in [9.17, 15) is 9.59 Å². The van der Waals surface area contributed by atoms with E-state index in [1.807, 2.05) is 20.8 Å². The Morgan fingerprint density at radius 2 is 1.53 bits per heavy atom. The molecule has 0 N–H and O–H groups in total. The van der Waals surface area contributed by atoms with Crippen molar-refractivity contribution in [3.63, 3.8) is 0 Å². The summed E-state index contributed by atoms with van der Waals surface area (Å²) in [6.07, 6.45) is 4.19. The molecular weight excluding hydrogens is 378 g/mol. The topological polar surface area (TPSA) is 55.8 Å². The Labute approximate surface area is 186 Å². The molecule has 0 aromatic heterocycles. The first-order valence-corrected chi connectivity index (χ1v) is 11.7. The highest BCUT2D eigenvalue weighted by Crippen LogP contribution is 2.27. The van der Waals surface area contributed by atoms with E-state index < -0.39 is 0 Å². The van der Waals surface area contributed by atoms with E-state index in [4.69, 9.17) is 9.47 Å². The summed E-state index contributed by atoms with van der Waals surface area (Å²) >= 11 is 0. The second-order valence-electron chi connectivity index (χ2n) is 11.2. The van der Waals surface area contributed by atoms with Gasteiger partial charge in [-0.1, -0.05) is 41.0 Å². The van der Waals surface area contributed by atoms with Crippen molar-refractivity contribution in [2.75, 3.05) is 19.7 Å². The van der Waals surface area contributed by atoms with Gasteiger partial charge in [0.25, 0.3) is 0 Å². The fourth-order valence-electron chi connectivity index (χ4n) is 3.86. The van der Waals surface area contributed by atoms with Gasteiger partial charge in [-0.3, -0.25) is 14.5 Å². The predicted octanol–water partition coefficient (Wildman–Crippen LogP) is 5.79. The molecule has 178 valence electrons. The standard InChI is InChI=1S/C25H49NO4/c1-11-13-21(30-24(6,7)8)19-25(9,10)26(12-2)16-17-29-22(28)15-14-20(27)18-23(3,4)5/h21H,11-19H2,1-10H3. The quantitative estimate of drug-likeness (QED) is 0.328. The van der Waals surface area contributed by atoms with Crippen molar-refractivity contribution in [1.82, 2.24) is 4.90 Å². The maximum Gasteiger partial charge on any atom is 0.306 e. The maximum atomic E-state index is 12.0. The van der Waals surface area contributed by atoms with Crippen LogP contribution in [0.2, 0.25) is 0 Å². The minimum Gasteiger partial charge on any atom is -0.464 e. The first-order chi connectivity index (χ1) is 13.6. The highest BCUT2D eigenvalue weighted by atomic mass is 16.5. The lowest BCUT2D eigenvalue weighted by molar-refractivity contribution is -0.146. The minimum absolute atomic E-state index is 0.0411. The van der Waals surface area contributed by atoms with Crippen molar-refractivity contribution in [3.8, 4) is 0 Å². The molecule has 0 bridgehead atoms. The number of rotatable bonds is 14. The fraction of sp³-hybridized carbons (Fsp3) is 0.920. The van der Waals surface area contributed by atoms with Gasteiger partial charge in [0.15, 0.2) is 0 Å². The van der Waals surface area contributed by atoms with Crippen LogP contribution in [0.3, 0.4) is 0 Å². The fourth-order valence-corrected chi connectivity index (χ4v) is 3.86. The predicted molar refractivity (Wildman–Crippen MR) is 125 cm³/mol. The third-order valence-corrected chi connectivity index (χ3v) is 5.06. The van der Waals surface area contributed by atoms with Gasteiger partial charge in [-0.05, 0) is 59.4 Å². The average molecular weight is 428 g/mol. The Hall–Kier alpha value is -0.940. The number of hydrogen-bond donors (Lipinski definition) is 0.